The highest BCUT2D eigenvalue weighted by molar-refractivity contribution is 6.31. The molecule has 0 atom stereocenters. The van der Waals surface area contributed by atoms with Gasteiger partial charge in [0.25, 0.3) is 0 Å². The maximum absolute atomic E-state index is 11.8. The standard InChI is InChI=1S/C14H20ClN3O/c1-10-2-3-12(8-13(10)15)18-14(19)17-9-11-4-6-16-7-5-11/h2-3,8,11,16H,4-7,9H2,1H3,(H2,17,18,19). The van der Waals surface area contributed by atoms with E-state index in [-0.39, 0.29) is 6.03 Å². The van der Waals surface area contributed by atoms with Crippen molar-refractivity contribution in [3.63, 3.8) is 0 Å². The first-order valence-corrected chi connectivity index (χ1v) is 7.04. The van der Waals surface area contributed by atoms with E-state index >= 15 is 0 Å². The number of hydrogen-bond acceptors (Lipinski definition) is 2. The molecule has 5 heteroatoms. The van der Waals surface area contributed by atoms with Crippen LogP contribution in [0, 0.1) is 12.8 Å². The lowest BCUT2D eigenvalue weighted by Crippen LogP contribution is -2.37. The van der Waals surface area contributed by atoms with E-state index in [1.807, 2.05) is 19.1 Å². The van der Waals surface area contributed by atoms with Gasteiger partial charge in [0.15, 0.2) is 0 Å². The van der Waals surface area contributed by atoms with Crippen molar-refractivity contribution in [2.24, 2.45) is 5.92 Å². The number of amides is 2. The fraction of sp³-hybridized carbons (Fsp3) is 0.500. The number of aryl methyl sites for hydroxylation is 1. The van der Waals surface area contributed by atoms with E-state index in [0.717, 1.165) is 43.7 Å². The molecule has 2 amide bonds. The summed E-state index contributed by atoms with van der Waals surface area (Å²) in [7, 11) is 0. The van der Waals surface area contributed by atoms with Crippen LogP contribution in [-0.4, -0.2) is 25.7 Å². The summed E-state index contributed by atoms with van der Waals surface area (Å²) in [5.74, 6) is 0.577. The third kappa shape index (κ3) is 4.40. The van der Waals surface area contributed by atoms with Crippen LogP contribution in [0.5, 0.6) is 0 Å². The molecule has 0 spiro atoms. The predicted octanol–water partition coefficient (Wildman–Crippen LogP) is 2.77. The summed E-state index contributed by atoms with van der Waals surface area (Å²) in [4.78, 5) is 11.8. The first kappa shape index (κ1) is 14.2. The van der Waals surface area contributed by atoms with Crippen LogP contribution in [0.2, 0.25) is 5.02 Å². The van der Waals surface area contributed by atoms with E-state index in [4.69, 9.17) is 11.6 Å². The van der Waals surface area contributed by atoms with Gasteiger partial charge >= 0.3 is 6.03 Å². The number of urea groups is 1. The lowest BCUT2D eigenvalue weighted by atomic mass is 9.98. The van der Waals surface area contributed by atoms with Crippen LogP contribution in [0.3, 0.4) is 0 Å². The molecule has 2 rings (SSSR count). The van der Waals surface area contributed by atoms with E-state index in [0.29, 0.717) is 10.9 Å². The van der Waals surface area contributed by atoms with Crippen LogP contribution < -0.4 is 16.0 Å². The zero-order chi connectivity index (χ0) is 13.7. The largest absolute Gasteiger partial charge is 0.338 e. The number of piperidine rings is 1. The van der Waals surface area contributed by atoms with Gasteiger partial charge in [-0.2, -0.15) is 0 Å². The summed E-state index contributed by atoms with van der Waals surface area (Å²) in [5, 5.41) is 9.69. The minimum Gasteiger partial charge on any atom is -0.338 e. The van der Waals surface area contributed by atoms with Crippen molar-refractivity contribution >= 4 is 23.3 Å². The highest BCUT2D eigenvalue weighted by Gasteiger charge is 2.13. The second-order valence-electron chi connectivity index (χ2n) is 4.99. The molecule has 1 fully saturated rings. The van der Waals surface area contributed by atoms with E-state index in [1.165, 1.54) is 0 Å². The van der Waals surface area contributed by atoms with Gasteiger partial charge in [-0.3, -0.25) is 0 Å². The molecule has 0 aromatic heterocycles. The summed E-state index contributed by atoms with van der Waals surface area (Å²) in [6, 6.07) is 5.34. The molecule has 1 aromatic carbocycles. The van der Waals surface area contributed by atoms with Crippen LogP contribution in [0.25, 0.3) is 0 Å². The summed E-state index contributed by atoms with van der Waals surface area (Å²) >= 11 is 6.02. The van der Waals surface area contributed by atoms with Crippen molar-refractivity contribution in [3.05, 3.63) is 28.8 Å². The Morgan fingerprint density at radius 1 is 1.42 bits per heavy atom. The molecule has 1 heterocycles. The number of rotatable bonds is 3. The molecule has 1 aliphatic rings. The number of benzene rings is 1. The summed E-state index contributed by atoms with van der Waals surface area (Å²) in [6.07, 6.45) is 2.24. The fourth-order valence-corrected chi connectivity index (χ4v) is 2.35. The van der Waals surface area contributed by atoms with E-state index in [1.54, 1.807) is 6.07 Å². The molecule has 4 nitrogen and oxygen atoms in total. The number of carbonyl (C=O) groups is 1. The SMILES string of the molecule is Cc1ccc(NC(=O)NCC2CCNCC2)cc1Cl. The van der Waals surface area contributed by atoms with Crippen molar-refractivity contribution in [3.8, 4) is 0 Å². The van der Waals surface area contributed by atoms with Gasteiger partial charge < -0.3 is 16.0 Å². The highest BCUT2D eigenvalue weighted by atomic mass is 35.5. The minimum absolute atomic E-state index is 0.168. The van der Waals surface area contributed by atoms with Crippen LogP contribution in [-0.2, 0) is 0 Å². The Labute approximate surface area is 118 Å². The van der Waals surface area contributed by atoms with Gasteiger partial charge in [0, 0.05) is 17.3 Å². The summed E-state index contributed by atoms with van der Waals surface area (Å²) in [5.41, 5.74) is 1.72. The number of carbonyl (C=O) groups excluding carboxylic acids is 1. The Balaban J connectivity index is 1.78. The number of halogens is 1. The van der Waals surface area contributed by atoms with Crippen LogP contribution in [0.4, 0.5) is 10.5 Å². The van der Waals surface area contributed by atoms with Crippen LogP contribution >= 0.6 is 11.6 Å². The third-order valence-corrected chi connectivity index (χ3v) is 3.85. The molecule has 0 unspecified atom stereocenters. The van der Waals surface area contributed by atoms with Crippen molar-refractivity contribution in [2.75, 3.05) is 25.0 Å². The molecule has 0 saturated carbocycles. The van der Waals surface area contributed by atoms with Crippen molar-refractivity contribution < 1.29 is 4.79 Å². The average molecular weight is 282 g/mol. The van der Waals surface area contributed by atoms with Gasteiger partial charge in [0.05, 0.1) is 0 Å². The second-order valence-corrected chi connectivity index (χ2v) is 5.40. The molecule has 19 heavy (non-hydrogen) atoms. The molecule has 1 aliphatic heterocycles. The zero-order valence-corrected chi connectivity index (χ0v) is 11.9. The Kier molecular flexibility index (Phi) is 5.05. The van der Waals surface area contributed by atoms with Gasteiger partial charge in [0.2, 0.25) is 0 Å². The van der Waals surface area contributed by atoms with Crippen molar-refractivity contribution in [1.29, 1.82) is 0 Å². The van der Waals surface area contributed by atoms with Crippen LogP contribution in [0.15, 0.2) is 18.2 Å². The van der Waals surface area contributed by atoms with Crippen LogP contribution in [0.1, 0.15) is 18.4 Å². The Morgan fingerprint density at radius 2 is 2.16 bits per heavy atom. The smallest absolute Gasteiger partial charge is 0.319 e. The van der Waals surface area contributed by atoms with E-state index < -0.39 is 0 Å². The predicted molar refractivity (Wildman–Crippen MR) is 78.8 cm³/mol. The summed E-state index contributed by atoms with van der Waals surface area (Å²) in [6.45, 7) is 4.75. The quantitative estimate of drug-likeness (QED) is 0.798. The molecule has 104 valence electrons. The topological polar surface area (TPSA) is 53.2 Å². The van der Waals surface area contributed by atoms with Gasteiger partial charge in [-0.1, -0.05) is 17.7 Å². The van der Waals surface area contributed by atoms with E-state index in [2.05, 4.69) is 16.0 Å². The van der Waals surface area contributed by atoms with Crippen molar-refractivity contribution in [1.82, 2.24) is 10.6 Å². The maximum atomic E-state index is 11.8. The van der Waals surface area contributed by atoms with Crippen molar-refractivity contribution in [2.45, 2.75) is 19.8 Å². The third-order valence-electron chi connectivity index (χ3n) is 3.44. The van der Waals surface area contributed by atoms with Gasteiger partial charge in [-0.15, -0.1) is 0 Å². The number of hydrogen-bond donors (Lipinski definition) is 3. The second kappa shape index (κ2) is 6.78. The molecule has 1 saturated heterocycles. The molecular formula is C14H20ClN3O. The molecule has 1 aromatic rings. The Morgan fingerprint density at radius 3 is 2.84 bits per heavy atom. The molecule has 0 bridgehead atoms. The first-order chi connectivity index (χ1) is 9.15. The average Bonchev–Trinajstić information content (AvgIpc) is 2.42. The lowest BCUT2D eigenvalue weighted by Gasteiger charge is -2.22. The monoisotopic (exact) mass is 281 g/mol. The lowest BCUT2D eigenvalue weighted by molar-refractivity contribution is 0.248. The molecule has 3 N–H and O–H groups in total. The Bertz CT molecular complexity index is 444. The highest BCUT2D eigenvalue weighted by Crippen LogP contribution is 2.19. The van der Waals surface area contributed by atoms with Gasteiger partial charge in [-0.25, -0.2) is 4.79 Å². The molecule has 0 aliphatic carbocycles. The maximum Gasteiger partial charge on any atom is 0.319 e. The first-order valence-electron chi connectivity index (χ1n) is 6.67. The Hall–Kier alpha value is -1.26. The van der Waals surface area contributed by atoms with E-state index in [9.17, 15) is 4.79 Å². The summed E-state index contributed by atoms with van der Waals surface area (Å²) < 4.78 is 0. The number of nitrogens with one attached hydrogen (secondary N) is 3. The number of anilines is 1. The molecule has 0 radical (unpaired) electrons. The van der Waals surface area contributed by atoms with Gasteiger partial charge in [0.1, 0.15) is 0 Å². The fourth-order valence-electron chi connectivity index (χ4n) is 2.17. The minimum atomic E-state index is -0.168. The zero-order valence-electron chi connectivity index (χ0n) is 11.1. The molecular weight excluding hydrogens is 262 g/mol. The van der Waals surface area contributed by atoms with Gasteiger partial charge in [-0.05, 0) is 56.5 Å². The normalized spacial score (nSPS) is 16.1.